The number of fused-ring (bicyclic) bond motifs is 1. The van der Waals surface area contributed by atoms with Crippen molar-refractivity contribution in [1.29, 1.82) is 0 Å². The van der Waals surface area contributed by atoms with Gasteiger partial charge in [0, 0.05) is 17.1 Å². The highest BCUT2D eigenvalue weighted by atomic mass is 32.1. The second-order valence-electron chi connectivity index (χ2n) is 6.64. The number of benzene rings is 1. The van der Waals surface area contributed by atoms with Crippen LogP contribution in [0.1, 0.15) is 37.7 Å². The number of aryl methyl sites for hydroxylation is 1. The summed E-state index contributed by atoms with van der Waals surface area (Å²) in [6, 6.07) is 9.60. The molecule has 5 heteroatoms. The van der Waals surface area contributed by atoms with Crippen molar-refractivity contribution >= 4 is 16.3 Å². The van der Waals surface area contributed by atoms with Gasteiger partial charge in [0.25, 0.3) is 5.56 Å². The lowest BCUT2D eigenvalue weighted by atomic mass is 9.87. The van der Waals surface area contributed by atoms with Gasteiger partial charge < -0.3 is 4.74 Å². The summed E-state index contributed by atoms with van der Waals surface area (Å²) >= 11 is 1.46. The van der Waals surface area contributed by atoms with Crippen LogP contribution in [0, 0.1) is 6.92 Å². The van der Waals surface area contributed by atoms with E-state index in [2.05, 4.69) is 37.9 Å². The second-order valence-corrected chi connectivity index (χ2v) is 7.48. The minimum atomic E-state index is -0.0598. The molecule has 3 rings (SSSR count). The smallest absolute Gasteiger partial charge is 0.259 e. The Morgan fingerprint density at radius 2 is 1.91 bits per heavy atom. The molecule has 2 heterocycles. The largest absolute Gasteiger partial charge is 0.487 e. The van der Waals surface area contributed by atoms with Crippen molar-refractivity contribution in [3.8, 4) is 5.75 Å². The topological polar surface area (TPSA) is 43.6 Å². The van der Waals surface area contributed by atoms with E-state index in [1.54, 1.807) is 4.40 Å². The van der Waals surface area contributed by atoms with Gasteiger partial charge in [-0.25, -0.2) is 4.98 Å². The van der Waals surface area contributed by atoms with Gasteiger partial charge in [-0.05, 0) is 30.0 Å². The number of aromatic nitrogens is 2. The third-order valence-electron chi connectivity index (χ3n) is 3.74. The average molecular weight is 328 g/mol. The molecule has 1 aromatic carbocycles. The molecule has 2 aromatic heterocycles. The monoisotopic (exact) mass is 328 g/mol. The van der Waals surface area contributed by atoms with Crippen LogP contribution in [-0.4, -0.2) is 9.38 Å². The molecule has 0 radical (unpaired) electrons. The maximum atomic E-state index is 12.1. The van der Waals surface area contributed by atoms with Crippen molar-refractivity contribution in [2.75, 3.05) is 0 Å². The molecule has 0 N–H and O–H groups in total. The lowest BCUT2D eigenvalue weighted by molar-refractivity contribution is 0.301. The van der Waals surface area contributed by atoms with E-state index >= 15 is 0 Å². The molecule has 4 nitrogen and oxygen atoms in total. The number of hydrogen-bond acceptors (Lipinski definition) is 4. The third-order valence-corrected chi connectivity index (χ3v) is 4.68. The highest BCUT2D eigenvalue weighted by Crippen LogP contribution is 2.24. The lowest BCUT2D eigenvalue weighted by Crippen LogP contribution is -2.16. The fourth-order valence-corrected chi connectivity index (χ4v) is 3.27. The zero-order chi connectivity index (χ0) is 16.6. The average Bonchev–Trinajstić information content (AvgIpc) is 2.86. The maximum Gasteiger partial charge on any atom is 0.259 e. The molecule has 0 aliphatic rings. The molecular weight excluding hydrogens is 308 g/mol. The van der Waals surface area contributed by atoms with E-state index < -0.39 is 0 Å². The Balaban J connectivity index is 1.77. The minimum Gasteiger partial charge on any atom is -0.487 e. The Hall–Kier alpha value is -2.14. The zero-order valence-corrected chi connectivity index (χ0v) is 14.6. The summed E-state index contributed by atoms with van der Waals surface area (Å²) < 4.78 is 7.38. The van der Waals surface area contributed by atoms with Crippen LogP contribution >= 0.6 is 11.3 Å². The van der Waals surface area contributed by atoms with Crippen molar-refractivity contribution < 1.29 is 4.74 Å². The number of nitrogens with zero attached hydrogens (tertiary/aromatic N) is 2. The quantitative estimate of drug-likeness (QED) is 0.731. The molecule has 23 heavy (non-hydrogen) atoms. The van der Waals surface area contributed by atoms with Gasteiger partial charge in [-0.2, -0.15) is 0 Å². The molecule has 0 unspecified atom stereocenters. The van der Waals surface area contributed by atoms with Crippen LogP contribution < -0.4 is 10.3 Å². The fraction of sp³-hybridized carbons (Fsp3) is 0.333. The van der Waals surface area contributed by atoms with E-state index in [-0.39, 0.29) is 17.6 Å². The molecule has 0 spiro atoms. The third kappa shape index (κ3) is 3.29. The predicted octanol–water partition coefficient (Wildman–Crippen LogP) is 3.94. The van der Waals surface area contributed by atoms with Crippen LogP contribution in [0.4, 0.5) is 0 Å². The number of hydrogen-bond donors (Lipinski definition) is 0. The van der Waals surface area contributed by atoms with Crippen LogP contribution in [0.3, 0.4) is 0 Å². The number of ether oxygens (including phenoxy) is 1. The van der Waals surface area contributed by atoms with E-state index in [9.17, 15) is 4.79 Å². The highest BCUT2D eigenvalue weighted by molar-refractivity contribution is 7.15. The van der Waals surface area contributed by atoms with Crippen molar-refractivity contribution in [2.24, 2.45) is 0 Å². The van der Waals surface area contributed by atoms with Gasteiger partial charge in [0.15, 0.2) is 4.96 Å². The van der Waals surface area contributed by atoms with Crippen LogP contribution in [0.15, 0.2) is 40.5 Å². The first-order chi connectivity index (χ1) is 10.8. The van der Waals surface area contributed by atoms with E-state index in [1.807, 2.05) is 24.4 Å². The Morgan fingerprint density at radius 3 is 2.57 bits per heavy atom. The number of thiazole rings is 1. The first-order valence-corrected chi connectivity index (χ1v) is 8.43. The Morgan fingerprint density at radius 1 is 1.22 bits per heavy atom. The first kappa shape index (κ1) is 15.7. The normalized spacial score (nSPS) is 11.8. The van der Waals surface area contributed by atoms with Crippen molar-refractivity contribution in [1.82, 2.24) is 9.38 Å². The van der Waals surface area contributed by atoms with Gasteiger partial charge in [-0.3, -0.25) is 9.20 Å². The summed E-state index contributed by atoms with van der Waals surface area (Å²) in [5, 5.41) is 1.93. The van der Waals surface area contributed by atoms with Gasteiger partial charge >= 0.3 is 0 Å². The molecular formula is C18H20N2O2S. The molecule has 120 valence electrons. The minimum absolute atomic E-state index is 0.0598. The Kier molecular flexibility index (Phi) is 3.98. The van der Waals surface area contributed by atoms with Crippen LogP contribution in [0.5, 0.6) is 5.75 Å². The van der Waals surface area contributed by atoms with E-state index in [4.69, 9.17) is 4.74 Å². The molecule has 0 saturated carbocycles. The van der Waals surface area contributed by atoms with Gasteiger partial charge in [-0.15, -0.1) is 11.3 Å². The Bertz CT molecular complexity index is 886. The first-order valence-electron chi connectivity index (χ1n) is 7.55. The number of rotatable bonds is 3. The molecule has 0 fully saturated rings. The molecule has 0 bridgehead atoms. The molecule has 0 aliphatic heterocycles. The fourth-order valence-electron chi connectivity index (χ4n) is 2.38. The van der Waals surface area contributed by atoms with Crippen LogP contribution in [0.25, 0.3) is 4.96 Å². The van der Waals surface area contributed by atoms with Gasteiger partial charge in [0.05, 0.1) is 5.69 Å². The molecule has 0 aliphatic carbocycles. The highest BCUT2D eigenvalue weighted by Gasteiger charge is 2.13. The van der Waals surface area contributed by atoms with E-state index in [0.717, 1.165) is 11.4 Å². The van der Waals surface area contributed by atoms with Gasteiger partial charge in [0.2, 0.25) is 0 Å². The summed E-state index contributed by atoms with van der Waals surface area (Å²) in [5.74, 6) is 0.780. The SMILES string of the molecule is Cc1csc2nc(COc3ccc(C(C)(C)C)cc3)cc(=O)n12. The van der Waals surface area contributed by atoms with Gasteiger partial charge in [-0.1, -0.05) is 32.9 Å². The zero-order valence-electron chi connectivity index (χ0n) is 13.8. The molecule has 0 amide bonds. The second kappa shape index (κ2) is 5.81. The summed E-state index contributed by atoms with van der Waals surface area (Å²) in [7, 11) is 0. The molecule has 3 aromatic rings. The molecule has 0 atom stereocenters. The Labute approximate surface area is 139 Å². The standard InChI is InChI=1S/C18H20N2O2S/c1-12-11-23-17-19-14(9-16(21)20(12)17)10-22-15-7-5-13(6-8-15)18(2,3)4/h5-9,11H,10H2,1-4H3. The summed E-state index contributed by atoms with van der Waals surface area (Å²) in [5.41, 5.74) is 2.88. The van der Waals surface area contributed by atoms with Crippen molar-refractivity contribution in [3.05, 3.63) is 63.0 Å². The summed E-state index contributed by atoms with van der Waals surface area (Å²) in [4.78, 5) is 17.3. The van der Waals surface area contributed by atoms with Crippen molar-refractivity contribution in [2.45, 2.75) is 39.7 Å². The molecule has 0 saturated heterocycles. The summed E-state index contributed by atoms with van der Waals surface area (Å²) in [6.07, 6.45) is 0. The van der Waals surface area contributed by atoms with E-state index in [1.165, 1.54) is 23.0 Å². The predicted molar refractivity (Wildman–Crippen MR) is 93.6 cm³/mol. The van der Waals surface area contributed by atoms with E-state index in [0.29, 0.717) is 10.7 Å². The lowest BCUT2D eigenvalue weighted by Gasteiger charge is -2.19. The summed E-state index contributed by atoms with van der Waals surface area (Å²) in [6.45, 7) is 8.73. The van der Waals surface area contributed by atoms with Gasteiger partial charge in [0.1, 0.15) is 12.4 Å². The van der Waals surface area contributed by atoms with Crippen LogP contribution in [-0.2, 0) is 12.0 Å². The van der Waals surface area contributed by atoms with Crippen molar-refractivity contribution in [3.63, 3.8) is 0 Å². The maximum absolute atomic E-state index is 12.1. The van der Waals surface area contributed by atoms with Crippen LogP contribution in [0.2, 0.25) is 0 Å².